The van der Waals surface area contributed by atoms with Crippen LogP contribution < -0.4 is 10.5 Å². The number of imidazole rings is 2. The van der Waals surface area contributed by atoms with E-state index in [1.54, 1.807) is 37.6 Å². The van der Waals surface area contributed by atoms with E-state index in [-0.39, 0.29) is 0 Å². The number of halogens is 1. The molecule has 0 bridgehead atoms. The fraction of sp³-hybridized carbons (Fsp3) is 0.227. The molecule has 0 spiro atoms. The first-order chi connectivity index (χ1) is 15.0. The van der Waals surface area contributed by atoms with E-state index in [0.717, 1.165) is 11.3 Å². The summed E-state index contributed by atoms with van der Waals surface area (Å²) < 4.78 is 26.7. The summed E-state index contributed by atoms with van der Waals surface area (Å²) in [5.41, 5.74) is 8.34. The molecule has 0 aliphatic carbocycles. The van der Waals surface area contributed by atoms with Gasteiger partial charge in [-0.25, -0.2) is 14.4 Å². The second kappa shape index (κ2) is 8.57. The average Bonchev–Trinajstić information content (AvgIpc) is 3.36. The van der Waals surface area contributed by atoms with Gasteiger partial charge in [-0.3, -0.25) is 4.79 Å². The smallest absolute Gasteiger partial charge is 0.248 e. The van der Waals surface area contributed by atoms with Gasteiger partial charge in [-0.1, -0.05) is 0 Å². The Kier molecular flexibility index (Phi) is 5.68. The number of aromatic nitrogens is 4. The Morgan fingerprint density at radius 1 is 1.19 bits per heavy atom. The third kappa shape index (κ3) is 4.13. The summed E-state index contributed by atoms with van der Waals surface area (Å²) in [5, 5.41) is 0. The van der Waals surface area contributed by atoms with Crippen molar-refractivity contribution < 1.29 is 18.7 Å². The topological polar surface area (TPSA) is 108 Å². The largest absolute Gasteiger partial charge is 0.497 e. The van der Waals surface area contributed by atoms with Crippen LogP contribution in [0.2, 0.25) is 0 Å². The van der Waals surface area contributed by atoms with Crippen LogP contribution in [-0.4, -0.2) is 46.3 Å². The van der Waals surface area contributed by atoms with Crippen molar-refractivity contribution in [3.8, 4) is 17.1 Å². The molecule has 0 saturated heterocycles. The van der Waals surface area contributed by atoms with Gasteiger partial charge < -0.3 is 24.8 Å². The quantitative estimate of drug-likeness (QED) is 0.453. The molecular formula is C22H22FN5O3. The number of H-pyrrole nitrogens is 1. The minimum Gasteiger partial charge on any atom is -0.497 e. The summed E-state index contributed by atoms with van der Waals surface area (Å²) >= 11 is 0. The van der Waals surface area contributed by atoms with Crippen LogP contribution in [0.15, 0.2) is 42.6 Å². The summed E-state index contributed by atoms with van der Waals surface area (Å²) in [4.78, 5) is 23.8. The zero-order valence-electron chi connectivity index (χ0n) is 17.2. The molecule has 3 N–H and O–H groups in total. The van der Waals surface area contributed by atoms with Crippen molar-refractivity contribution in [3.63, 3.8) is 0 Å². The molecule has 0 radical (unpaired) electrons. The van der Waals surface area contributed by atoms with E-state index < -0.39 is 11.7 Å². The number of hydrogen-bond donors (Lipinski definition) is 2. The minimum absolute atomic E-state index is 0.324. The zero-order chi connectivity index (χ0) is 22.0. The van der Waals surface area contributed by atoms with E-state index in [2.05, 4.69) is 15.0 Å². The van der Waals surface area contributed by atoms with Crippen molar-refractivity contribution in [1.82, 2.24) is 19.5 Å². The lowest BCUT2D eigenvalue weighted by molar-refractivity contribution is 0.100. The fourth-order valence-electron chi connectivity index (χ4n) is 3.46. The molecule has 4 aromatic rings. The van der Waals surface area contributed by atoms with Crippen LogP contribution in [-0.2, 0) is 17.7 Å². The highest BCUT2D eigenvalue weighted by atomic mass is 19.1. The molecule has 31 heavy (non-hydrogen) atoms. The summed E-state index contributed by atoms with van der Waals surface area (Å²) in [6.45, 7) is 1.08. The number of aromatic amines is 1. The van der Waals surface area contributed by atoms with E-state index in [0.29, 0.717) is 53.5 Å². The highest BCUT2D eigenvalue weighted by Crippen LogP contribution is 2.26. The van der Waals surface area contributed by atoms with Gasteiger partial charge in [-0.15, -0.1) is 0 Å². The molecule has 0 aliphatic heterocycles. The van der Waals surface area contributed by atoms with E-state index in [4.69, 9.17) is 15.2 Å². The SMILES string of the molecule is COCCn1c(Cc2c[nH]c(-c3cc(OC)ccc3F)n2)nc2cc(C(N)=O)ccc21. The maximum Gasteiger partial charge on any atom is 0.248 e. The number of amides is 1. The van der Waals surface area contributed by atoms with Crippen LogP contribution in [0.25, 0.3) is 22.4 Å². The number of nitrogens with two attached hydrogens (primary N) is 1. The van der Waals surface area contributed by atoms with Crippen LogP contribution in [0.5, 0.6) is 5.75 Å². The first-order valence-corrected chi connectivity index (χ1v) is 9.66. The molecule has 0 fully saturated rings. The van der Waals surface area contributed by atoms with E-state index in [1.807, 2.05) is 10.6 Å². The van der Waals surface area contributed by atoms with Gasteiger partial charge in [0.2, 0.25) is 5.91 Å². The van der Waals surface area contributed by atoms with Gasteiger partial charge in [0.25, 0.3) is 0 Å². The molecule has 2 heterocycles. The van der Waals surface area contributed by atoms with Crippen molar-refractivity contribution in [2.45, 2.75) is 13.0 Å². The highest BCUT2D eigenvalue weighted by Gasteiger charge is 2.16. The Morgan fingerprint density at radius 3 is 2.77 bits per heavy atom. The molecule has 1 amide bonds. The second-order valence-electron chi connectivity index (χ2n) is 7.00. The van der Waals surface area contributed by atoms with Gasteiger partial charge >= 0.3 is 0 Å². The maximum atomic E-state index is 14.3. The molecule has 2 aromatic heterocycles. The first kappa shape index (κ1) is 20.5. The number of carbonyl (C=O) groups is 1. The number of ether oxygens (including phenoxy) is 2. The van der Waals surface area contributed by atoms with Crippen LogP contribution in [0.3, 0.4) is 0 Å². The van der Waals surface area contributed by atoms with Crippen molar-refractivity contribution in [1.29, 1.82) is 0 Å². The Balaban J connectivity index is 1.69. The number of primary amides is 1. The zero-order valence-corrected chi connectivity index (χ0v) is 17.2. The molecule has 9 heteroatoms. The minimum atomic E-state index is -0.507. The van der Waals surface area contributed by atoms with Gasteiger partial charge in [0.15, 0.2) is 0 Å². The predicted molar refractivity (Wildman–Crippen MR) is 113 cm³/mol. The van der Waals surface area contributed by atoms with Crippen molar-refractivity contribution in [3.05, 3.63) is 65.5 Å². The maximum absolute atomic E-state index is 14.3. The summed E-state index contributed by atoms with van der Waals surface area (Å²) in [7, 11) is 3.16. The molecule has 0 aliphatic rings. The third-order valence-electron chi connectivity index (χ3n) is 5.03. The van der Waals surface area contributed by atoms with Crippen molar-refractivity contribution in [2.24, 2.45) is 5.73 Å². The van der Waals surface area contributed by atoms with E-state index in [1.165, 1.54) is 13.2 Å². The first-order valence-electron chi connectivity index (χ1n) is 9.66. The van der Waals surface area contributed by atoms with Crippen LogP contribution in [0, 0.1) is 5.82 Å². The second-order valence-corrected chi connectivity index (χ2v) is 7.00. The summed E-state index contributed by atoms with van der Waals surface area (Å²) in [6.07, 6.45) is 2.13. The third-order valence-corrected chi connectivity index (χ3v) is 5.03. The van der Waals surface area contributed by atoms with E-state index >= 15 is 0 Å². The van der Waals surface area contributed by atoms with Crippen LogP contribution in [0.4, 0.5) is 4.39 Å². The monoisotopic (exact) mass is 423 g/mol. The van der Waals surface area contributed by atoms with E-state index in [9.17, 15) is 9.18 Å². The van der Waals surface area contributed by atoms with Crippen LogP contribution >= 0.6 is 0 Å². The summed E-state index contributed by atoms with van der Waals surface area (Å²) in [6, 6.07) is 9.67. The molecule has 8 nitrogen and oxygen atoms in total. The molecular weight excluding hydrogens is 401 g/mol. The Morgan fingerprint density at radius 2 is 2.03 bits per heavy atom. The average molecular weight is 423 g/mol. The Hall–Kier alpha value is -3.72. The molecule has 0 saturated carbocycles. The van der Waals surface area contributed by atoms with Crippen molar-refractivity contribution >= 4 is 16.9 Å². The number of nitrogens with zero attached hydrogens (tertiary/aromatic N) is 3. The number of carbonyl (C=O) groups excluding carboxylic acids is 1. The molecule has 2 aromatic carbocycles. The number of benzene rings is 2. The molecule has 4 rings (SSSR count). The Bertz CT molecular complexity index is 1250. The van der Waals surface area contributed by atoms with Gasteiger partial charge in [-0.2, -0.15) is 0 Å². The molecule has 0 atom stereocenters. The molecule has 0 unspecified atom stereocenters. The molecule has 160 valence electrons. The van der Waals surface area contributed by atoms with Gasteiger partial charge in [0.05, 0.1) is 36.0 Å². The van der Waals surface area contributed by atoms with Crippen molar-refractivity contribution in [2.75, 3.05) is 20.8 Å². The number of fused-ring (bicyclic) bond motifs is 1. The van der Waals surface area contributed by atoms with Gasteiger partial charge in [0.1, 0.15) is 23.2 Å². The standard InChI is InChI=1S/C22H22FN5O3/c1-30-8-7-28-19-6-3-13(21(24)29)9-18(19)27-20(28)10-14-12-25-22(26-14)16-11-15(31-2)4-5-17(16)23/h3-6,9,11-12H,7-8,10H2,1-2H3,(H2,24,29)(H,25,26). The number of methoxy groups -OCH3 is 2. The van der Waals surface area contributed by atoms with Gasteiger partial charge in [-0.05, 0) is 36.4 Å². The lowest BCUT2D eigenvalue weighted by Crippen LogP contribution is -2.11. The van der Waals surface area contributed by atoms with Gasteiger partial charge in [0, 0.05) is 31.8 Å². The Labute approximate surface area is 177 Å². The number of hydrogen-bond acceptors (Lipinski definition) is 5. The lowest BCUT2D eigenvalue weighted by Gasteiger charge is -2.08. The highest BCUT2D eigenvalue weighted by molar-refractivity contribution is 5.96. The number of nitrogens with one attached hydrogen (secondary N) is 1. The normalized spacial score (nSPS) is 11.2. The predicted octanol–water partition coefficient (Wildman–Crippen LogP) is 2.91. The van der Waals surface area contributed by atoms with Crippen LogP contribution in [0.1, 0.15) is 21.9 Å². The fourth-order valence-corrected chi connectivity index (χ4v) is 3.46. The number of rotatable bonds is 8. The summed E-state index contributed by atoms with van der Waals surface area (Å²) in [5.74, 6) is 0.793. The lowest BCUT2D eigenvalue weighted by atomic mass is 10.2.